The predicted octanol–water partition coefficient (Wildman–Crippen LogP) is 3.95. The molecule has 5 atom stereocenters. The van der Waals surface area contributed by atoms with E-state index in [1.807, 2.05) is 0 Å². The lowest BCUT2D eigenvalue weighted by atomic mass is 9.72. The Morgan fingerprint density at radius 3 is 2.61 bits per heavy atom. The minimum atomic E-state index is -0.695. The van der Waals surface area contributed by atoms with Gasteiger partial charge in [0.1, 0.15) is 6.04 Å². The average Bonchev–Trinajstić information content (AvgIpc) is 3.15. The van der Waals surface area contributed by atoms with E-state index in [4.69, 9.17) is 11.6 Å². The van der Waals surface area contributed by atoms with Gasteiger partial charge < -0.3 is 10.0 Å². The van der Waals surface area contributed by atoms with E-state index in [0.717, 1.165) is 30.1 Å². The Labute approximate surface area is 140 Å². The molecule has 1 aromatic rings. The molecular weight excluding hydrogens is 310 g/mol. The number of aliphatic carboxylic acids is 1. The van der Waals surface area contributed by atoms with E-state index < -0.39 is 12.0 Å². The van der Waals surface area contributed by atoms with Crippen molar-refractivity contribution in [3.8, 4) is 0 Å². The number of carboxylic acid groups (broad SMARTS) is 1. The molecule has 2 heterocycles. The van der Waals surface area contributed by atoms with Crippen molar-refractivity contribution in [1.82, 2.24) is 0 Å². The third kappa shape index (κ3) is 1.74. The van der Waals surface area contributed by atoms with Crippen molar-refractivity contribution < 1.29 is 9.90 Å². The van der Waals surface area contributed by atoms with E-state index in [2.05, 4.69) is 41.3 Å². The Kier molecular flexibility index (Phi) is 2.76. The number of carbonyl (C=O) groups is 1. The van der Waals surface area contributed by atoms with Gasteiger partial charge in [-0.15, -0.1) is 0 Å². The molecule has 23 heavy (non-hydrogen) atoms. The molecular formula is C19H18ClNO2. The monoisotopic (exact) mass is 327 g/mol. The number of rotatable bonds is 1. The molecule has 3 nitrogen and oxygen atoms in total. The zero-order valence-electron chi connectivity index (χ0n) is 12.7. The van der Waals surface area contributed by atoms with Gasteiger partial charge in [-0.05, 0) is 42.0 Å². The first-order valence-electron chi connectivity index (χ1n) is 8.31. The van der Waals surface area contributed by atoms with Crippen LogP contribution < -0.4 is 4.90 Å². The quantitative estimate of drug-likeness (QED) is 0.794. The van der Waals surface area contributed by atoms with Crippen molar-refractivity contribution in [1.29, 1.82) is 0 Å². The van der Waals surface area contributed by atoms with Crippen LogP contribution in [0.2, 0.25) is 5.02 Å². The number of nitrogens with zero attached hydrogens (tertiary/aromatic N) is 1. The standard InChI is InChI=1S/C19H18ClNO2/c20-11-7-15-12-4-1-3-10(12)9-21-17(15)16(8-11)13-5-2-6-14(13)18(21)19(22)23/h1-2,4-5,7-8,10,12-14,18H,3,6,9H2,(H,22,23)/t10-,12+,13-,14-,18-/m0/s1. The van der Waals surface area contributed by atoms with Gasteiger partial charge in [0.2, 0.25) is 0 Å². The highest BCUT2D eigenvalue weighted by Crippen LogP contribution is 2.55. The second kappa shape index (κ2) is 4.64. The highest BCUT2D eigenvalue weighted by Gasteiger charge is 2.49. The Morgan fingerprint density at radius 1 is 1.13 bits per heavy atom. The van der Waals surface area contributed by atoms with Gasteiger partial charge in [0.25, 0.3) is 0 Å². The molecule has 0 fully saturated rings. The van der Waals surface area contributed by atoms with Crippen LogP contribution in [0.15, 0.2) is 36.4 Å². The lowest BCUT2D eigenvalue weighted by Crippen LogP contribution is -2.54. The lowest BCUT2D eigenvalue weighted by molar-refractivity contribution is -0.140. The molecule has 0 saturated carbocycles. The van der Waals surface area contributed by atoms with Gasteiger partial charge in [-0.1, -0.05) is 35.9 Å². The van der Waals surface area contributed by atoms with Gasteiger partial charge in [0.05, 0.1) is 0 Å². The summed E-state index contributed by atoms with van der Waals surface area (Å²) in [5, 5.41) is 10.7. The molecule has 0 unspecified atom stereocenters. The van der Waals surface area contributed by atoms with Gasteiger partial charge in [-0.2, -0.15) is 0 Å². The van der Waals surface area contributed by atoms with E-state index in [1.165, 1.54) is 11.1 Å². The van der Waals surface area contributed by atoms with Gasteiger partial charge in [0, 0.05) is 35.0 Å². The second-order valence-electron chi connectivity index (χ2n) is 7.17. The van der Waals surface area contributed by atoms with Crippen molar-refractivity contribution >= 4 is 23.3 Å². The maximum absolute atomic E-state index is 12.1. The fourth-order valence-corrected chi connectivity index (χ4v) is 5.44. The smallest absolute Gasteiger partial charge is 0.326 e. The van der Waals surface area contributed by atoms with Gasteiger partial charge >= 0.3 is 5.97 Å². The van der Waals surface area contributed by atoms with E-state index in [1.54, 1.807) is 0 Å². The minimum Gasteiger partial charge on any atom is -0.480 e. The number of hydrogen-bond acceptors (Lipinski definition) is 2. The Bertz CT molecular complexity index is 752. The molecule has 2 aliphatic heterocycles. The molecule has 0 spiro atoms. The van der Waals surface area contributed by atoms with E-state index in [9.17, 15) is 9.90 Å². The molecule has 0 bridgehead atoms. The molecule has 2 aliphatic carbocycles. The first-order valence-corrected chi connectivity index (χ1v) is 8.69. The van der Waals surface area contributed by atoms with E-state index >= 15 is 0 Å². The summed E-state index contributed by atoms with van der Waals surface area (Å²) in [5.41, 5.74) is 3.59. The summed E-state index contributed by atoms with van der Waals surface area (Å²) in [5.74, 6) is 0.468. The van der Waals surface area contributed by atoms with Crippen LogP contribution in [0.25, 0.3) is 0 Å². The van der Waals surface area contributed by atoms with Crippen molar-refractivity contribution in [2.75, 3.05) is 11.4 Å². The summed E-state index contributed by atoms with van der Waals surface area (Å²) in [6.45, 7) is 0.833. The van der Waals surface area contributed by atoms with Crippen LogP contribution >= 0.6 is 11.6 Å². The molecule has 0 saturated heterocycles. The van der Waals surface area contributed by atoms with Crippen LogP contribution in [0.1, 0.15) is 35.8 Å². The van der Waals surface area contributed by atoms with E-state index in [0.29, 0.717) is 11.8 Å². The summed E-state index contributed by atoms with van der Waals surface area (Å²) in [6.07, 6.45) is 10.7. The zero-order valence-corrected chi connectivity index (χ0v) is 13.4. The number of halogens is 1. The molecule has 1 aromatic carbocycles. The normalized spacial score (nSPS) is 35.9. The average molecular weight is 328 g/mol. The number of hydrogen-bond donors (Lipinski definition) is 1. The van der Waals surface area contributed by atoms with Crippen LogP contribution in [0, 0.1) is 11.8 Å². The third-order valence-corrected chi connectivity index (χ3v) is 6.29. The molecule has 5 rings (SSSR count). The fraction of sp³-hybridized carbons (Fsp3) is 0.421. The Hall–Kier alpha value is -1.74. The number of fused-ring (bicyclic) bond motifs is 4. The molecule has 1 N–H and O–H groups in total. The molecule has 4 heteroatoms. The maximum Gasteiger partial charge on any atom is 0.326 e. The van der Waals surface area contributed by atoms with Gasteiger partial charge in [-0.3, -0.25) is 0 Å². The topological polar surface area (TPSA) is 40.5 Å². The van der Waals surface area contributed by atoms with Crippen LogP contribution in [0.3, 0.4) is 0 Å². The largest absolute Gasteiger partial charge is 0.480 e. The first-order chi connectivity index (χ1) is 11.1. The zero-order chi connectivity index (χ0) is 15.7. The molecule has 0 radical (unpaired) electrons. The number of allylic oxidation sites excluding steroid dienone is 4. The summed E-state index contributed by atoms with van der Waals surface area (Å²) in [7, 11) is 0. The summed E-state index contributed by atoms with van der Waals surface area (Å²) in [4.78, 5) is 14.2. The van der Waals surface area contributed by atoms with Crippen molar-refractivity contribution in [2.24, 2.45) is 11.8 Å². The van der Waals surface area contributed by atoms with Crippen molar-refractivity contribution in [3.05, 3.63) is 52.6 Å². The molecule has 118 valence electrons. The van der Waals surface area contributed by atoms with Crippen LogP contribution in [-0.4, -0.2) is 23.7 Å². The SMILES string of the molecule is O=C(O)[C@@H]1[C@H]2CC=C[C@@H]2c2cc(Cl)cc3c2N1C[C@@H]1CC=C[C@@H]31. The fourth-order valence-electron chi connectivity index (χ4n) is 5.21. The lowest BCUT2D eigenvalue weighted by Gasteiger charge is -2.49. The first kappa shape index (κ1) is 13.7. The Morgan fingerprint density at radius 2 is 1.83 bits per heavy atom. The number of carboxylic acids is 1. The summed E-state index contributed by atoms with van der Waals surface area (Å²) < 4.78 is 0. The Balaban J connectivity index is 1.78. The highest BCUT2D eigenvalue weighted by molar-refractivity contribution is 6.31. The number of benzene rings is 1. The molecule has 0 amide bonds. The molecule has 0 aromatic heterocycles. The highest BCUT2D eigenvalue weighted by atomic mass is 35.5. The summed E-state index contributed by atoms with van der Waals surface area (Å²) in [6, 6.07) is 3.68. The van der Waals surface area contributed by atoms with Gasteiger partial charge in [-0.25, -0.2) is 4.79 Å². The minimum absolute atomic E-state index is 0.122. The van der Waals surface area contributed by atoms with Crippen molar-refractivity contribution in [2.45, 2.75) is 30.7 Å². The van der Waals surface area contributed by atoms with Crippen LogP contribution in [0.5, 0.6) is 0 Å². The number of anilines is 1. The van der Waals surface area contributed by atoms with Crippen LogP contribution in [0.4, 0.5) is 5.69 Å². The summed E-state index contributed by atoms with van der Waals surface area (Å²) >= 11 is 6.43. The van der Waals surface area contributed by atoms with Gasteiger partial charge in [0.15, 0.2) is 0 Å². The predicted molar refractivity (Wildman–Crippen MR) is 90.2 cm³/mol. The second-order valence-corrected chi connectivity index (χ2v) is 7.61. The van der Waals surface area contributed by atoms with Crippen molar-refractivity contribution in [3.63, 3.8) is 0 Å². The van der Waals surface area contributed by atoms with Crippen LogP contribution in [-0.2, 0) is 4.79 Å². The third-order valence-electron chi connectivity index (χ3n) is 6.07. The molecule has 4 aliphatic rings. The maximum atomic E-state index is 12.1. The van der Waals surface area contributed by atoms with E-state index in [-0.39, 0.29) is 11.8 Å².